The highest BCUT2D eigenvalue weighted by Gasteiger charge is 2.39. The minimum atomic E-state index is 0.286. The molecule has 1 unspecified atom stereocenters. The van der Waals surface area contributed by atoms with Gasteiger partial charge in [-0.15, -0.1) is 0 Å². The molecule has 0 aromatic carbocycles. The fourth-order valence-corrected chi connectivity index (χ4v) is 4.82. The zero-order valence-corrected chi connectivity index (χ0v) is 12.8. The Morgan fingerprint density at radius 1 is 1.26 bits per heavy atom. The Bertz CT molecular complexity index is 333. The van der Waals surface area contributed by atoms with Crippen molar-refractivity contribution in [3.05, 3.63) is 0 Å². The maximum Gasteiger partial charge on any atom is 0.157 e. The van der Waals surface area contributed by atoms with Gasteiger partial charge in [0.25, 0.3) is 0 Å². The van der Waals surface area contributed by atoms with Crippen LogP contribution in [0, 0.1) is 5.92 Å². The van der Waals surface area contributed by atoms with E-state index in [9.17, 15) is 0 Å². The molecule has 0 radical (unpaired) electrons. The standard InChI is InChI=1S/C15H26N2OS/c1-12(13-5-3-2-4-6-13)16-14-17-15(11-19-14)7-9-18-10-8-15/h12-13H,2-11H2,1H3,(H,16,17). The molecule has 3 rings (SSSR count). The lowest BCUT2D eigenvalue weighted by Gasteiger charge is -2.33. The first-order valence-corrected chi connectivity index (χ1v) is 8.83. The fourth-order valence-electron chi connectivity index (χ4n) is 3.51. The summed E-state index contributed by atoms with van der Waals surface area (Å²) in [6, 6.07) is 0.491. The van der Waals surface area contributed by atoms with Gasteiger partial charge in [0.1, 0.15) is 0 Å². The molecule has 3 fully saturated rings. The molecule has 2 heterocycles. The van der Waals surface area contributed by atoms with Crippen molar-refractivity contribution in [3.8, 4) is 0 Å². The summed E-state index contributed by atoms with van der Waals surface area (Å²) in [4.78, 5) is 4.98. The zero-order valence-electron chi connectivity index (χ0n) is 12.0. The summed E-state index contributed by atoms with van der Waals surface area (Å²) in [7, 11) is 0. The second kappa shape index (κ2) is 6.04. The predicted octanol–water partition coefficient (Wildman–Crippen LogP) is 3.20. The van der Waals surface area contributed by atoms with Crippen molar-refractivity contribution in [2.24, 2.45) is 10.9 Å². The molecule has 19 heavy (non-hydrogen) atoms. The van der Waals surface area contributed by atoms with Gasteiger partial charge in [0.2, 0.25) is 0 Å². The monoisotopic (exact) mass is 282 g/mol. The molecule has 3 aliphatic rings. The van der Waals surface area contributed by atoms with Crippen LogP contribution in [0.2, 0.25) is 0 Å². The summed E-state index contributed by atoms with van der Waals surface area (Å²) >= 11 is 1.92. The summed E-state index contributed by atoms with van der Waals surface area (Å²) in [6.07, 6.45) is 9.26. The summed E-state index contributed by atoms with van der Waals surface area (Å²) < 4.78 is 5.48. The highest BCUT2D eigenvalue weighted by atomic mass is 32.2. The van der Waals surface area contributed by atoms with Crippen LogP contribution in [0.5, 0.6) is 0 Å². The normalized spacial score (nSPS) is 31.5. The maximum atomic E-state index is 5.48. The van der Waals surface area contributed by atoms with E-state index >= 15 is 0 Å². The topological polar surface area (TPSA) is 33.6 Å². The molecule has 0 aromatic heterocycles. The van der Waals surface area contributed by atoms with Crippen LogP contribution in [0.15, 0.2) is 4.99 Å². The Morgan fingerprint density at radius 3 is 2.74 bits per heavy atom. The third-order valence-electron chi connectivity index (χ3n) is 4.96. The lowest BCUT2D eigenvalue weighted by Crippen LogP contribution is -2.48. The molecule has 108 valence electrons. The quantitative estimate of drug-likeness (QED) is 0.844. The highest BCUT2D eigenvalue weighted by Crippen LogP contribution is 2.33. The van der Waals surface area contributed by atoms with Gasteiger partial charge >= 0.3 is 0 Å². The van der Waals surface area contributed by atoms with Gasteiger partial charge in [0, 0.05) is 19.0 Å². The lowest BCUT2D eigenvalue weighted by molar-refractivity contribution is 0.0555. The van der Waals surface area contributed by atoms with E-state index in [-0.39, 0.29) is 5.54 Å². The molecule has 3 nitrogen and oxygen atoms in total. The van der Waals surface area contributed by atoms with Crippen molar-refractivity contribution in [1.82, 2.24) is 5.32 Å². The number of hydrogen-bond acceptors (Lipinski definition) is 3. The number of rotatable bonds is 2. The van der Waals surface area contributed by atoms with E-state index in [1.165, 1.54) is 43.0 Å². The molecule has 1 saturated carbocycles. The summed E-state index contributed by atoms with van der Waals surface area (Å²) in [5, 5.41) is 4.90. The van der Waals surface area contributed by atoms with Gasteiger partial charge in [0.05, 0.1) is 11.6 Å². The van der Waals surface area contributed by atoms with Crippen molar-refractivity contribution in [3.63, 3.8) is 0 Å². The van der Waals surface area contributed by atoms with E-state index in [1.54, 1.807) is 0 Å². The average molecular weight is 282 g/mol. The Kier molecular flexibility index (Phi) is 4.37. The van der Waals surface area contributed by atoms with E-state index in [0.29, 0.717) is 6.04 Å². The molecule has 2 aliphatic heterocycles. The number of amidine groups is 1. The third-order valence-corrected chi connectivity index (χ3v) is 6.14. The number of nitrogens with zero attached hydrogens (tertiary/aromatic N) is 1. The summed E-state index contributed by atoms with van der Waals surface area (Å²) in [5.41, 5.74) is 0.286. The molecular weight excluding hydrogens is 256 g/mol. The van der Waals surface area contributed by atoms with Crippen LogP contribution in [0.4, 0.5) is 0 Å². The van der Waals surface area contributed by atoms with Gasteiger partial charge < -0.3 is 10.1 Å². The van der Waals surface area contributed by atoms with Gasteiger partial charge in [-0.05, 0) is 38.5 Å². The van der Waals surface area contributed by atoms with E-state index in [0.717, 1.165) is 32.0 Å². The Labute approximate surface area is 121 Å². The predicted molar refractivity (Wildman–Crippen MR) is 81.8 cm³/mol. The van der Waals surface area contributed by atoms with Gasteiger partial charge in [-0.25, -0.2) is 0 Å². The molecule has 1 atom stereocenters. The second-order valence-corrected chi connectivity index (χ2v) is 7.34. The van der Waals surface area contributed by atoms with Crippen LogP contribution < -0.4 is 5.32 Å². The molecule has 1 spiro atoms. The van der Waals surface area contributed by atoms with Crippen molar-refractivity contribution < 1.29 is 4.74 Å². The van der Waals surface area contributed by atoms with E-state index < -0.39 is 0 Å². The largest absolute Gasteiger partial charge is 0.381 e. The number of thioether (sulfide) groups is 1. The highest BCUT2D eigenvalue weighted by molar-refractivity contribution is 8.14. The van der Waals surface area contributed by atoms with Crippen LogP contribution in [0.3, 0.4) is 0 Å². The molecular formula is C15H26N2OS. The first-order valence-electron chi connectivity index (χ1n) is 7.84. The van der Waals surface area contributed by atoms with Crippen LogP contribution >= 0.6 is 11.8 Å². The fraction of sp³-hybridized carbons (Fsp3) is 0.933. The molecule has 0 amide bonds. The third kappa shape index (κ3) is 3.27. The minimum Gasteiger partial charge on any atom is -0.381 e. The molecule has 1 N–H and O–H groups in total. The first kappa shape index (κ1) is 13.7. The van der Waals surface area contributed by atoms with Crippen molar-refractivity contribution in [1.29, 1.82) is 0 Å². The Balaban J connectivity index is 1.58. The molecule has 2 saturated heterocycles. The van der Waals surface area contributed by atoms with Crippen molar-refractivity contribution in [2.45, 2.75) is 63.5 Å². The van der Waals surface area contributed by atoms with Gasteiger partial charge in [-0.2, -0.15) is 0 Å². The van der Waals surface area contributed by atoms with Crippen LogP contribution in [0.1, 0.15) is 51.9 Å². The SMILES string of the molecule is CC(N=C1NC2(CCOCC2)CS1)C1CCCCC1. The zero-order chi connectivity index (χ0) is 13.1. The molecule has 0 bridgehead atoms. The Morgan fingerprint density at radius 2 is 2.00 bits per heavy atom. The number of hydrogen-bond donors (Lipinski definition) is 1. The second-order valence-electron chi connectivity index (χ2n) is 6.38. The molecule has 4 heteroatoms. The van der Waals surface area contributed by atoms with E-state index in [2.05, 4.69) is 12.2 Å². The number of nitrogens with one attached hydrogen (secondary N) is 1. The van der Waals surface area contributed by atoms with Crippen LogP contribution in [-0.2, 0) is 4.74 Å². The summed E-state index contributed by atoms with van der Waals surface area (Å²) in [5.74, 6) is 1.99. The Hall–Kier alpha value is -0.220. The molecule has 1 aliphatic carbocycles. The van der Waals surface area contributed by atoms with Crippen molar-refractivity contribution in [2.75, 3.05) is 19.0 Å². The minimum absolute atomic E-state index is 0.286. The number of ether oxygens (including phenoxy) is 1. The van der Waals surface area contributed by atoms with E-state index in [1.807, 2.05) is 11.8 Å². The van der Waals surface area contributed by atoms with Crippen LogP contribution in [-0.4, -0.2) is 35.7 Å². The van der Waals surface area contributed by atoms with Gasteiger partial charge in [-0.1, -0.05) is 31.0 Å². The lowest BCUT2D eigenvalue weighted by atomic mass is 9.85. The van der Waals surface area contributed by atoms with Gasteiger partial charge in [0.15, 0.2) is 5.17 Å². The maximum absolute atomic E-state index is 5.48. The smallest absolute Gasteiger partial charge is 0.157 e. The number of aliphatic imine (C=N–C) groups is 1. The summed E-state index contributed by atoms with van der Waals surface area (Å²) in [6.45, 7) is 4.11. The van der Waals surface area contributed by atoms with Crippen molar-refractivity contribution >= 4 is 16.9 Å². The van der Waals surface area contributed by atoms with Gasteiger partial charge in [-0.3, -0.25) is 4.99 Å². The first-order chi connectivity index (χ1) is 9.27. The van der Waals surface area contributed by atoms with E-state index in [4.69, 9.17) is 9.73 Å². The average Bonchev–Trinajstić information content (AvgIpc) is 2.83. The molecule has 0 aromatic rings. The van der Waals surface area contributed by atoms with Crippen LogP contribution in [0.25, 0.3) is 0 Å².